The third kappa shape index (κ3) is 1.30. The monoisotopic (exact) mass is 173 g/mol. The first-order valence-electron chi connectivity index (χ1n) is 4.25. The number of rotatable bonds is 0. The standard InChI is InChI=1S/C8H15NOS/c1-9-6-2-3-7(9)5-8(10,11)4-6/h6-7,10-11H,2-5H2,1H3/t6-,7-/m0/s1. The average molecular weight is 173 g/mol. The van der Waals surface area contributed by atoms with E-state index in [1.807, 2.05) is 0 Å². The maximum absolute atomic E-state index is 9.71. The van der Waals surface area contributed by atoms with Gasteiger partial charge in [0, 0.05) is 24.9 Å². The van der Waals surface area contributed by atoms with Crippen LogP contribution >= 0.6 is 12.6 Å². The Morgan fingerprint density at radius 2 is 1.82 bits per heavy atom. The van der Waals surface area contributed by atoms with Crippen LogP contribution in [0.3, 0.4) is 0 Å². The summed E-state index contributed by atoms with van der Waals surface area (Å²) in [6.07, 6.45) is 4.15. The van der Waals surface area contributed by atoms with Crippen LogP contribution in [0.25, 0.3) is 0 Å². The van der Waals surface area contributed by atoms with Gasteiger partial charge in [-0.3, -0.25) is 0 Å². The Morgan fingerprint density at radius 1 is 1.36 bits per heavy atom. The van der Waals surface area contributed by atoms with Gasteiger partial charge in [0.1, 0.15) is 4.93 Å². The summed E-state index contributed by atoms with van der Waals surface area (Å²) in [5, 5.41) is 9.71. The van der Waals surface area contributed by atoms with E-state index in [-0.39, 0.29) is 0 Å². The molecule has 2 atom stereocenters. The molecule has 0 radical (unpaired) electrons. The Labute approximate surface area is 73.0 Å². The second-order valence-corrected chi connectivity index (χ2v) is 4.77. The van der Waals surface area contributed by atoms with Gasteiger partial charge in [-0.25, -0.2) is 0 Å². The molecule has 11 heavy (non-hydrogen) atoms. The fraction of sp³-hybridized carbons (Fsp3) is 1.00. The van der Waals surface area contributed by atoms with Crippen LogP contribution in [0, 0.1) is 0 Å². The van der Waals surface area contributed by atoms with Crippen LogP contribution in [0.2, 0.25) is 0 Å². The minimum atomic E-state index is -0.682. The number of fused-ring (bicyclic) bond motifs is 2. The van der Waals surface area contributed by atoms with E-state index in [4.69, 9.17) is 0 Å². The van der Waals surface area contributed by atoms with Crippen LogP contribution in [0.5, 0.6) is 0 Å². The van der Waals surface area contributed by atoms with Crippen LogP contribution in [0.1, 0.15) is 25.7 Å². The highest BCUT2D eigenvalue weighted by atomic mass is 32.1. The highest BCUT2D eigenvalue weighted by molar-refractivity contribution is 7.81. The second kappa shape index (κ2) is 2.38. The zero-order chi connectivity index (χ0) is 8.06. The van der Waals surface area contributed by atoms with Gasteiger partial charge in [-0.15, -0.1) is 12.6 Å². The first kappa shape index (κ1) is 7.90. The second-order valence-electron chi connectivity index (χ2n) is 3.94. The zero-order valence-corrected chi connectivity index (χ0v) is 7.72. The molecule has 0 aromatic rings. The van der Waals surface area contributed by atoms with Crippen molar-refractivity contribution in [1.29, 1.82) is 0 Å². The number of piperidine rings is 1. The molecule has 0 aliphatic carbocycles. The van der Waals surface area contributed by atoms with Crippen LogP contribution in [-0.2, 0) is 0 Å². The van der Waals surface area contributed by atoms with Gasteiger partial charge in [0.05, 0.1) is 0 Å². The van der Waals surface area contributed by atoms with Crippen LogP contribution in [0.4, 0.5) is 0 Å². The molecule has 64 valence electrons. The maximum atomic E-state index is 9.71. The van der Waals surface area contributed by atoms with E-state index in [2.05, 4.69) is 24.6 Å². The Bertz CT molecular complexity index is 155. The molecule has 3 heteroatoms. The fourth-order valence-electron chi connectivity index (χ4n) is 2.42. The van der Waals surface area contributed by atoms with Gasteiger partial charge in [0.15, 0.2) is 0 Å². The van der Waals surface area contributed by atoms with Gasteiger partial charge < -0.3 is 10.0 Å². The van der Waals surface area contributed by atoms with Crippen molar-refractivity contribution in [3.63, 3.8) is 0 Å². The highest BCUT2D eigenvalue weighted by Crippen LogP contribution is 2.41. The summed E-state index contributed by atoms with van der Waals surface area (Å²) in [5.74, 6) is 0. The molecule has 2 bridgehead atoms. The summed E-state index contributed by atoms with van der Waals surface area (Å²) in [4.78, 5) is 1.71. The molecule has 2 heterocycles. The largest absolute Gasteiger partial charge is 0.380 e. The molecule has 1 N–H and O–H groups in total. The third-order valence-electron chi connectivity index (χ3n) is 3.11. The molecule has 2 saturated heterocycles. The van der Waals surface area contributed by atoms with Crippen LogP contribution in [-0.4, -0.2) is 34.1 Å². The SMILES string of the molecule is CN1[C@H]2CC[C@H]1CC(O)(S)C2. The number of aliphatic hydroxyl groups is 1. The topological polar surface area (TPSA) is 23.5 Å². The smallest absolute Gasteiger partial charge is 0.110 e. The number of hydrogen-bond acceptors (Lipinski definition) is 3. The predicted octanol–water partition coefficient (Wildman–Crippen LogP) is 0.861. The van der Waals surface area contributed by atoms with E-state index in [1.165, 1.54) is 12.8 Å². The van der Waals surface area contributed by atoms with Crippen molar-refractivity contribution in [2.75, 3.05) is 7.05 Å². The Morgan fingerprint density at radius 3 is 2.27 bits per heavy atom. The van der Waals surface area contributed by atoms with E-state index in [0.29, 0.717) is 12.1 Å². The summed E-state index contributed by atoms with van der Waals surface area (Å²) in [6.45, 7) is 0. The van der Waals surface area contributed by atoms with Crippen LogP contribution in [0.15, 0.2) is 0 Å². The molecule has 2 aliphatic rings. The molecule has 0 unspecified atom stereocenters. The van der Waals surface area contributed by atoms with Gasteiger partial charge >= 0.3 is 0 Å². The molecule has 0 aromatic carbocycles. The number of hydrogen-bond donors (Lipinski definition) is 2. The lowest BCUT2D eigenvalue weighted by atomic mass is 10.0. The van der Waals surface area contributed by atoms with E-state index in [1.54, 1.807) is 0 Å². The highest BCUT2D eigenvalue weighted by Gasteiger charge is 2.43. The van der Waals surface area contributed by atoms with Gasteiger partial charge in [0.2, 0.25) is 0 Å². The molecule has 2 aliphatic heterocycles. The first-order chi connectivity index (χ1) is 5.08. The zero-order valence-electron chi connectivity index (χ0n) is 6.82. The summed E-state index contributed by atoms with van der Waals surface area (Å²) >= 11 is 4.25. The van der Waals surface area contributed by atoms with Crippen LogP contribution < -0.4 is 0 Å². The Balaban J connectivity index is 2.14. The summed E-state index contributed by atoms with van der Waals surface area (Å²) in [5.41, 5.74) is 0. The lowest BCUT2D eigenvalue weighted by Gasteiger charge is -2.39. The summed E-state index contributed by atoms with van der Waals surface area (Å²) in [6, 6.07) is 1.16. The van der Waals surface area contributed by atoms with Crippen molar-refractivity contribution >= 4 is 12.6 Å². The van der Waals surface area contributed by atoms with E-state index in [9.17, 15) is 5.11 Å². The van der Waals surface area contributed by atoms with E-state index < -0.39 is 4.93 Å². The fourth-order valence-corrected chi connectivity index (χ4v) is 2.84. The van der Waals surface area contributed by atoms with Crippen molar-refractivity contribution in [3.05, 3.63) is 0 Å². The molecular formula is C8H15NOS. The molecule has 2 nitrogen and oxygen atoms in total. The predicted molar refractivity (Wildman–Crippen MR) is 47.7 cm³/mol. The quantitative estimate of drug-likeness (QED) is 0.419. The first-order valence-corrected chi connectivity index (χ1v) is 4.70. The average Bonchev–Trinajstić information content (AvgIpc) is 2.19. The van der Waals surface area contributed by atoms with Gasteiger partial charge in [-0.05, 0) is 19.9 Å². The molecule has 0 aromatic heterocycles. The number of thiol groups is 1. The minimum Gasteiger partial charge on any atom is -0.380 e. The van der Waals surface area contributed by atoms with Gasteiger partial charge in [-0.1, -0.05) is 0 Å². The normalized spacial score (nSPS) is 51.5. The van der Waals surface area contributed by atoms with Gasteiger partial charge in [0.25, 0.3) is 0 Å². The van der Waals surface area contributed by atoms with Crippen molar-refractivity contribution < 1.29 is 5.11 Å². The Kier molecular flexibility index (Phi) is 1.71. The Hall–Kier alpha value is 0.270. The summed E-state index contributed by atoms with van der Waals surface area (Å²) in [7, 11) is 2.16. The molecule has 2 rings (SSSR count). The lowest BCUT2D eigenvalue weighted by molar-refractivity contribution is 0.0264. The molecule has 2 fully saturated rings. The maximum Gasteiger partial charge on any atom is 0.110 e. The molecule has 0 amide bonds. The van der Waals surface area contributed by atoms with Crippen molar-refractivity contribution in [2.45, 2.75) is 42.7 Å². The van der Waals surface area contributed by atoms with E-state index >= 15 is 0 Å². The van der Waals surface area contributed by atoms with Gasteiger partial charge in [-0.2, -0.15) is 0 Å². The number of nitrogens with zero attached hydrogens (tertiary/aromatic N) is 1. The van der Waals surface area contributed by atoms with Crippen molar-refractivity contribution in [2.24, 2.45) is 0 Å². The molecule has 0 spiro atoms. The molecular weight excluding hydrogens is 158 g/mol. The van der Waals surface area contributed by atoms with E-state index in [0.717, 1.165) is 12.8 Å². The third-order valence-corrected chi connectivity index (χ3v) is 3.48. The minimum absolute atomic E-state index is 0.580. The molecule has 0 saturated carbocycles. The van der Waals surface area contributed by atoms with Crippen molar-refractivity contribution in [1.82, 2.24) is 4.90 Å². The lowest BCUT2D eigenvalue weighted by Crippen LogP contribution is -2.46. The van der Waals surface area contributed by atoms with Crippen molar-refractivity contribution in [3.8, 4) is 0 Å². The summed E-state index contributed by atoms with van der Waals surface area (Å²) < 4.78 is 0.